The van der Waals surface area contributed by atoms with Crippen LogP contribution in [0.1, 0.15) is 18.2 Å². The molecule has 4 nitrogen and oxygen atoms in total. The van der Waals surface area contributed by atoms with Gasteiger partial charge < -0.3 is 10.3 Å². The Morgan fingerprint density at radius 1 is 1.67 bits per heavy atom. The van der Waals surface area contributed by atoms with Crippen molar-refractivity contribution in [3.05, 3.63) is 22.4 Å². The number of aromatic amines is 1. The Morgan fingerprint density at radius 3 is 3.00 bits per heavy atom. The van der Waals surface area contributed by atoms with Gasteiger partial charge in [0.25, 0.3) is 0 Å². The highest BCUT2D eigenvalue weighted by Crippen LogP contribution is 2.13. The smallest absolute Gasteiger partial charge is 0.315 e. The van der Waals surface area contributed by atoms with Crippen molar-refractivity contribution in [3.8, 4) is 0 Å². The molecule has 0 spiro atoms. The van der Waals surface area contributed by atoms with Crippen LogP contribution in [0.25, 0.3) is 0 Å². The highest BCUT2D eigenvalue weighted by molar-refractivity contribution is 4.98. The van der Waals surface area contributed by atoms with Crippen LogP contribution >= 0.6 is 0 Å². The molecule has 12 heavy (non-hydrogen) atoms. The molecule has 2 N–H and O–H groups in total. The summed E-state index contributed by atoms with van der Waals surface area (Å²) in [6, 6.07) is 0.351. The zero-order valence-electron chi connectivity index (χ0n) is 7.13. The van der Waals surface area contributed by atoms with Gasteiger partial charge in [-0.1, -0.05) is 0 Å². The highest BCUT2D eigenvalue weighted by atomic mass is 16.1. The molecule has 1 unspecified atom stereocenters. The van der Waals surface area contributed by atoms with E-state index in [2.05, 4.69) is 10.3 Å². The minimum atomic E-state index is 0.0150. The Balaban J connectivity index is 2.37. The van der Waals surface area contributed by atoms with Gasteiger partial charge in [0.2, 0.25) is 0 Å². The summed E-state index contributed by atoms with van der Waals surface area (Å²) in [5.41, 5.74) is 1.04. The molecule has 0 bridgehead atoms. The molecule has 4 heteroatoms. The summed E-state index contributed by atoms with van der Waals surface area (Å²) in [5.74, 6) is 0. The van der Waals surface area contributed by atoms with E-state index in [0.29, 0.717) is 6.04 Å². The van der Waals surface area contributed by atoms with E-state index in [1.54, 1.807) is 6.20 Å². The highest BCUT2D eigenvalue weighted by Gasteiger charge is 2.18. The number of imidazole rings is 1. The molecule has 0 aliphatic carbocycles. The maximum absolute atomic E-state index is 11.3. The Bertz CT molecular complexity index is 319. The molecule has 0 amide bonds. The first-order valence-electron chi connectivity index (χ1n) is 4.26. The van der Waals surface area contributed by atoms with Gasteiger partial charge in [0.1, 0.15) is 0 Å². The minimum Gasteiger partial charge on any atom is -0.315 e. The molecule has 1 saturated heterocycles. The van der Waals surface area contributed by atoms with Gasteiger partial charge in [-0.05, 0) is 19.9 Å². The number of hydrogen-bond donors (Lipinski definition) is 2. The van der Waals surface area contributed by atoms with Crippen molar-refractivity contribution in [2.45, 2.75) is 19.4 Å². The lowest BCUT2D eigenvalue weighted by Crippen LogP contribution is -2.24. The molecule has 1 aromatic heterocycles. The molecule has 0 saturated carbocycles. The third-order valence-electron chi connectivity index (χ3n) is 2.40. The van der Waals surface area contributed by atoms with Gasteiger partial charge in [0.05, 0.1) is 6.04 Å². The van der Waals surface area contributed by atoms with Crippen LogP contribution in [0.5, 0.6) is 0 Å². The normalized spacial score (nSPS) is 23.2. The molecular formula is C8H13N3O. The quantitative estimate of drug-likeness (QED) is 0.619. The first kappa shape index (κ1) is 7.61. The summed E-state index contributed by atoms with van der Waals surface area (Å²) in [4.78, 5) is 14.0. The van der Waals surface area contributed by atoms with E-state index in [-0.39, 0.29) is 5.69 Å². The largest absolute Gasteiger partial charge is 0.325 e. The summed E-state index contributed by atoms with van der Waals surface area (Å²) in [7, 11) is 0. The number of aryl methyl sites for hydroxylation is 1. The molecule has 1 fully saturated rings. The topological polar surface area (TPSA) is 49.8 Å². The number of nitrogens with zero attached hydrogens (tertiary/aromatic N) is 1. The van der Waals surface area contributed by atoms with Crippen molar-refractivity contribution in [3.63, 3.8) is 0 Å². The minimum absolute atomic E-state index is 0.0150. The SMILES string of the molecule is Cc1c[nH]c(=O)n1C1CCNC1. The molecule has 1 aliphatic heterocycles. The monoisotopic (exact) mass is 167 g/mol. The zero-order chi connectivity index (χ0) is 8.55. The molecule has 2 heterocycles. The van der Waals surface area contributed by atoms with Gasteiger partial charge in [-0.15, -0.1) is 0 Å². The molecule has 0 aromatic carbocycles. The van der Waals surface area contributed by atoms with Crippen LogP contribution in [-0.2, 0) is 0 Å². The Labute approximate surface area is 70.6 Å². The predicted octanol–water partition coefficient (Wildman–Crippen LogP) is 0.0192. The van der Waals surface area contributed by atoms with E-state index in [9.17, 15) is 4.79 Å². The second-order valence-electron chi connectivity index (χ2n) is 3.25. The van der Waals surface area contributed by atoms with Crippen molar-refractivity contribution < 1.29 is 0 Å². The third kappa shape index (κ3) is 1.08. The molecule has 2 rings (SSSR count). The second kappa shape index (κ2) is 2.79. The second-order valence-corrected chi connectivity index (χ2v) is 3.25. The van der Waals surface area contributed by atoms with Crippen molar-refractivity contribution in [2.75, 3.05) is 13.1 Å². The third-order valence-corrected chi connectivity index (χ3v) is 2.40. The number of hydrogen-bond acceptors (Lipinski definition) is 2. The number of H-pyrrole nitrogens is 1. The zero-order valence-corrected chi connectivity index (χ0v) is 7.13. The summed E-state index contributed by atoms with van der Waals surface area (Å²) in [6.45, 7) is 3.89. The van der Waals surface area contributed by atoms with E-state index in [1.165, 1.54) is 0 Å². The fourth-order valence-electron chi connectivity index (χ4n) is 1.78. The van der Waals surface area contributed by atoms with E-state index in [4.69, 9.17) is 0 Å². The summed E-state index contributed by atoms with van der Waals surface area (Å²) >= 11 is 0. The number of aromatic nitrogens is 2. The molecule has 1 atom stereocenters. The van der Waals surface area contributed by atoms with Crippen LogP contribution in [0.2, 0.25) is 0 Å². The average molecular weight is 167 g/mol. The Kier molecular flexibility index (Phi) is 1.77. The van der Waals surface area contributed by atoms with E-state index in [1.807, 2.05) is 11.5 Å². The van der Waals surface area contributed by atoms with Crippen molar-refractivity contribution >= 4 is 0 Å². The average Bonchev–Trinajstić information content (AvgIpc) is 2.61. The summed E-state index contributed by atoms with van der Waals surface area (Å²) < 4.78 is 1.83. The number of nitrogens with one attached hydrogen (secondary N) is 2. The van der Waals surface area contributed by atoms with Crippen molar-refractivity contribution in [1.82, 2.24) is 14.9 Å². The fourth-order valence-corrected chi connectivity index (χ4v) is 1.78. The molecule has 1 aromatic rings. The van der Waals surface area contributed by atoms with Gasteiger partial charge in [0, 0.05) is 18.4 Å². The fraction of sp³-hybridized carbons (Fsp3) is 0.625. The standard InChI is InChI=1S/C8H13N3O/c1-6-4-10-8(12)11(6)7-2-3-9-5-7/h4,7,9H,2-3,5H2,1H3,(H,10,12). The molecule has 1 aliphatic rings. The molecule has 0 radical (unpaired) electrons. The first-order chi connectivity index (χ1) is 5.79. The van der Waals surface area contributed by atoms with Gasteiger partial charge in [-0.2, -0.15) is 0 Å². The lowest BCUT2D eigenvalue weighted by Gasteiger charge is -2.10. The van der Waals surface area contributed by atoms with Crippen LogP contribution < -0.4 is 11.0 Å². The lowest BCUT2D eigenvalue weighted by atomic mass is 10.2. The van der Waals surface area contributed by atoms with Gasteiger partial charge in [-0.25, -0.2) is 4.79 Å². The van der Waals surface area contributed by atoms with Crippen LogP contribution in [0, 0.1) is 6.92 Å². The summed E-state index contributed by atoms with van der Waals surface area (Å²) in [6.07, 6.45) is 2.82. The van der Waals surface area contributed by atoms with Crippen LogP contribution in [0.3, 0.4) is 0 Å². The van der Waals surface area contributed by atoms with Crippen LogP contribution in [0.15, 0.2) is 11.0 Å². The predicted molar refractivity (Wildman–Crippen MR) is 46.3 cm³/mol. The Morgan fingerprint density at radius 2 is 2.50 bits per heavy atom. The molecule has 66 valence electrons. The van der Waals surface area contributed by atoms with Gasteiger partial charge in [-0.3, -0.25) is 4.57 Å². The van der Waals surface area contributed by atoms with Crippen LogP contribution in [0.4, 0.5) is 0 Å². The van der Waals surface area contributed by atoms with Gasteiger partial charge >= 0.3 is 5.69 Å². The maximum Gasteiger partial charge on any atom is 0.325 e. The van der Waals surface area contributed by atoms with E-state index in [0.717, 1.165) is 25.2 Å². The molecular weight excluding hydrogens is 154 g/mol. The van der Waals surface area contributed by atoms with E-state index >= 15 is 0 Å². The van der Waals surface area contributed by atoms with E-state index < -0.39 is 0 Å². The lowest BCUT2D eigenvalue weighted by molar-refractivity contribution is 0.520. The summed E-state index contributed by atoms with van der Waals surface area (Å²) in [5, 5.41) is 3.24. The Hall–Kier alpha value is -1.03. The van der Waals surface area contributed by atoms with Crippen LogP contribution in [-0.4, -0.2) is 22.6 Å². The first-order valence-corrected chi connectivity index (χ1v) is 4.26. The van der Waals surface area contributed by atoms with Crippen molar-refractivity contribution in [2.24, 2.45) is 0 Å². The van der Waals surface area contributed by atoms with Gasteiger partial charge in [0.15, 0.2) is 0 Å². The van der Waals surface area contributed by atoms with Crippen molar-refractivity contribution in [1.29, 1.82) is 0 Å². The number of rotatable bonds is 1. The maximum atomic E-state index is 11.3.